The van der Waals surface area contributed by atoms with Crippen molar-refractivity contribution in [1.82, 2.24) is 10.4 Å². The van der Waals surface area contributed by atoms with Crippen LogP contribution in [-0.2, 0) is 9.59 Å². The molecule has 158 valence electrons. The molecule has 0 fully saturated rings. The molecule has 30 heavy (non-hydrogen) atoms. The van der Waals surface area contributed by atoms with Gasteiger partial charge in [-0.15, -0.1) is 0 Å². The Morgan fingerprint density at radius 2 is 2.00 bits per heavy atom. The lowest BCUT2D eigenvalue weighted by atomic mass is 9.69. The molecule has 0 spiro atoms. The van der Waals surface area contributed by atoms with Gasteiger partial charge in [-0.1, -0.05) is 13.8 Å². The largest absolute Gasteiger partial charge is 0.497 e. The van der Waals surface area contributed by atoms with Crippen LogP contribution < -0.4 is 20.6 Å². The molecule has 0 saturated heterocycles. The van der Waals surface area contributed by atoms with Crippen LogP contribution in [0.1, 0.15) is 45.1 Å². The summed E-state index contributed by atoms with van der Waals surface area (Å²) in [5.41, 5.74) is 10.5. The van der Waals surface area contributed by atoms with Crippen LogP contribution in [0.3, 0.4) is 0 Å². The third kappa shape index (κ3) is 3.59. The van der Waals surface area contributed by atoms with E-state index in [4.69, 9.17) is 15.2 Å². The second-order valence-electron chi connectivity index (χ2n) is 8.26. The molecule has 0 bridgehead atoms. The number of Topliss-reactive ketones (excluding diaryl/α,β-unsaturated/α-hetero) is 1. The van der Waals surface area contributed by atoms with Crippen LogP contribution in [0, 0.1) is 16.7 Å². The first-order chi connectivity index (χ1) is 14.1. The highest BCUT2D eigenvalue weighted by atomic mass is 16.5. The molecule has 1 amide bonds. The Balaban J connectivity index is 2.33. The average Bonchev–Trinajstić information content (AvgIpc) is 2.68. The molecule has 1 heterocycles. The van der Waals surface area contributed by atoms with E-state index in [-0.39, 0.29) is 28.5 Å². The van der Waals surface area contributed by atoms with E-state index in [2.05, 4.69) is 11.5 Å². The Kier molecular flexibility index (Phi) is 5.49. The quantitative estimate of drug-likeness (QED) is 0.783. The lowest BCUT2D eigenvalue weighted by molar-refractivity contribution is -0.123. The Hall–Kier alpha value is -3.47. The van der Waals surface area contributed by atoms with E-state index in [9.17, 15) is 14.9 Å². The standard InChI is InChI=1S/C22H26N4O4/c1-12(27)25-26-16-9-22(2,3)10-17(28)20(16)19(15(11-23)21(26)24)14-8-13(29-4)6-7-18(14)30-5/h6-8,19H,9-10,24H2,1-5H3,(H,25,27). The first-order valence-electron chi connectivity index (χ1n) is 9.58. The Labute approximate surface area is 175 Å². The molecule has 8 nitrogen and oxygen atoms in total. The molecule has 1 aromatic carbocycles. The minimum absolute atomic E-state index is 0.0897. The first kappa shape index (κ1) is 21.2. The van der Waals surface area contributed by atoms with Crippen molar-refractivity contribution in [2.75, 3.05) is 14.2 Å². The maximum atomic E-state index is 13.3. The molecule has 3 N–H and O–H groups in total. The number of benzene rings is 1. The second kappa shape index (κ2) is 7.75. The fourth-order valence-electron chi connectivity index (χ4n) is 4.17. The highest BCUT2D eigenvalue weighted by molar-refractivity contribution is 6.00. The molecule has 2 aliphatic rings. The monoisotopic (exact) mass is 410 g/mol. The highest BCUT2D eigenvalue weighted by Gasteiger charge is 2.45. The average molecular weight is 410 g/mol. The summed E-state index contributed by atoms with van der Waals surface area (Å²) in [7, 11) is 3.07. The van der Waals surface area contributed by atoms with Gasteiger partial charge in [0.1, 0.15) is 17.3 Å². The molecule has 1 aliphatic carbocycles. The lowest BCUT2D eigenvalue weighted by Gasteiger charge is -2.43. The van der Waals surface area contributed by atoms with Gasteiger partial charge in [-0.3, -0.25) is 15.0 Å². The van der Waals surface area contributed by atoms with Crippen LogP contribution in [0.4, 0.5) is 0 Å². The van der Waals surface area contributed by atoms with Crippen molar-refractivity contribution in [3.63, 3.8) is 0 Å². The van der Waals surface area contributed by atoms with Gasteiger partial charge in [-0.05, 0) is 30.0 Å². The van der Waals surface area contributed by atoms with Gasteiger partial charge in [0.2, 0.25) is 5.91 Å². The number of hydrogen-bond donors (Lipinski definition) is 2. The molecule has 0 saturated carbocycles. The molecular formula is C22H26N4O4. The summed E-state index contributed by atoms with van der Waals surface area (Å²) in [6, 6.07) is 7.38. The molecule has 0 aromatic heterocycles. The van der Waals surface area contributed by atoms with Crippen molar-refractivity contribution in [2.45, 2.75) is 39.5 Å². The van der Waals surface area contributed by atoms with Gasteiger partial charge in [0.15, 0.2) is 5.78 Å². The molecular weight excluding hydrogens is 384 g/mol. The van der Waals surface area contributed by atoms with E-state index in [0.29, 0.717) is 41.2 Å². The zero-order valence-corrected chi connectivity index (χ0v) is 17.8. The van der Waals surface area contributed by atoms with Crippen molar-refractivity contribution in [3.8, 4) is 17.6 Å². The van der Waals surface area contributed by atoms with Gasteiger partial charge >= 0.3 is 0 Å². The fraction of sp³-hybridized carbons (Fsp3) is 0.409. The van der Waals surface area contributed by atoms with Crippen LogP contribution in [0.5, 0.6) is 11.5 Å². The fourth-order valence-corrected chi connectivity index (χ4v) is 4.17. The van der Waals surface area contributed by atoms with Crippen molar-refractivity contribution in [3.05, 3.63) is 46.4 Å². The zero-order chi connectivity index (χ0) is 22.2. The molecule has 0 radical (unpaired) electrons. The van der Waals surface area contributed by atoms with E-state index >= 15 is 0 Å². The number of nitrogens with zero attached hydrogens (tertiary/aromatic N) is 2. The van der Waals surface area contributed by atoms with E-state index in [1.54, 1.807) is 25.3 Å². The third-order valence-electron chi connectivity index (χ3n) is 5.40. The number of nitriles is 1. The topological polar surface area (TPSA) is 118 Å². The van der Waals surface area contributed by atoms with Gasteiger partial charge in [-0.25, -0.2) is 5.01 Å². The number of methoxy groups -OCH3 is 2. The number of carbonyl (C=O) groups is 2. The predicted molar refractivity (Wildman–Crippen MR) is 110 cm³/mol. The van der Waals surface area contributed by atoms with E-state index < -0.39 is 5.92 Å². The zero-order valence-electron chi connectivity index (χ0n) is 17.8. The number of allylic oxidation sites excluding steroid dienone is 3. The molecule has 1 aromatic rings. The van der Waals surface area contributed by atoms with Gasteiger partial charge in [0, 0.05) is 24.5 Å². The number of nitrogens with one attached hydrogen (secondary N) is 1. The van der Waals surface area contributed by atoms with Gasteiger partial charge < -0.3 is 15.2 Å². The summed E-state index contributed by atoms with van der Waals surface area (Å²) >= 11 is 0. The predicted octanol–water partition coefficient (Wildman–Crippen LogP) is 2.49. The summed E-state index contributed by atoms with van der Waals surface area (Å²) in [6.07, 6.45) is 0.831. The van der Waals surface area contributed by atoms with Crippen LogP contribution in [0.2, 0.25) is 0 Å². The number of hydrogen-bond acceptors (Lipinski definition) is 7. The minimum atomic E-state index is -0.719. The van der Waals surface area contributed by atoms with Crippen LogP contribution in [-0.4, -0.2) is 30.9 Å². The number of ketones is 1. The number of ether oxygens (including phenoxy) is 2. The van der Waals surface area contributed by atoms with Crippen molar-refractivity contribution in [2.24, 2.45) is 11.1 Å². The van der Waals surface area contributed by atoms with Gasteiger partial charge in [-0.2, -0.15) is 5.26 Å². The number of rotatable bonds is 4. The van der Waals surface area contributed by atoms with Gasteiger partial charge in [0.25, 0.3) is 0 Å². The second-order valence-corrected chi connectivity index (χ2v) is 8.26. The van der Waals surface area contributed by atoms with Crippen molar-refractivity contribution in [1.29, 1.82) is 5.26 Å². The van der Waals surface area contributed by atoms with Crippen LogP contribution >= 0.6 is 0 Å². The summed E-state index contributed by atoms with van der Waals surface area (Å²) in [6.45, 7) is 5.33. The van der Waals surface area contributed by atoms with Gasteiger partial charge in [0.05, 0.1) is 37.5 Å². The first-order valence-corrected chi connectivity index (χ1v) is 9.58. The lowest BCUT2D eigenvalue weighted by Crippen LogP contribution is -2.49. The maximum absolute atomic E-state index is 13.3. The maximum Gasteiger partial charge on any atom is 0.235 e. The minimum Gasteiger partial charge on any atom is -0.497 e. The molecule has 3 rings (SSSR count). The summed E-state index contributed by atoms with van der Waals surface area (Å²) in [5, 5.41) is 11.4. The van der Waals surface area contributed by atoms with Crippen molar-refractivity contribution >= 4 is 11.7 Å². The Morgan fingerprint density at radius 1 is 1.30 bits per heavy atom. The van der Waals surface area contributed by atoms with Crippen molar-refractivity contribution < 1.29 is 19.1 Å². The third-order valence-corrected chi connectivity index (χ3v) is 5.40. The summed E-state index contributed by atoms with van der Waals surface area (Å²) in [5.74, 6) is 0.00744. The van der Waals surface area contributed by atoms with Crippen LogP contribution in [0.15, 0.2) is 40.9 Å². The number of amides is 1. The number of nitrogens with two attached hydrogens (primary N) is 1. The van der Waals surface area contributed by atoms with E-state index in [1.165, 1.54) is 19.0 Å². The highest BCUT2D eigenvalue weighted by Crippen LogP contribution is 2.50. The van der Waals surface area contributed by atoms with E-state index in [1.807, 2.05) is 13.8 Å². The molecule has 1 unspecified atom stereocenters. The number of carbonyl (C=O) groups excluding carboxylic acids is 2. The molecule has 8 heteroatoms. The van der Waals surface area contributed by atoms with Crippen LogP contribution in [0.25, 0.3) is 0 Å². The summed E-state index contributed by atoms with van der Waals surface area (Å²) in [4.78, 5) is 25.2. The Bertz CT molecular complexity index is 1020. The SMILES string of the molecule is COc1ccc(OC)c(C2C(C#N)=C(N)N(NC(C)=O)C3=C2C(=O)CC(C)(C)C3)c1. The smallest absolute Gasteiger partial charge is 0.235 e. The summed E-state index contributed by atoms with van der Waals surface area (Å²) < 4.78 is 10.9. The molecule has 1 atom stereocenters. The molecule has 1 aliphatic heterocycles. The Morgan fingerprint density at radius 3 is 2.57 bits per heavy atom. The normalized spacial score (nSPS) is 20.5. The number of hydrazine groups is 1. The van der Waals surface area contributed by atoms with E-state index in [0.717, 1.165) is 0 Å².